The standard InChI is InChI=1S/C15H27N3O/c1-12-15(13(2)18(3)17-12)19-11-7-10-16-14-8-5-4-6-9-14/h14,16H,4-11H2,1-3H3. The van der Waals surface area contributed by atoms with Gasteiger partial charge in [0.1, 0.15) is 5.69 Å². The van der Waals surface area contributed by atoms with Crippen LogP contribution in [0.2, 0.25) is 0 Å². The first-order valence-electron chi connectivity index (χ1n) is 7.55. The molecule has 0 bridgehead atoms. The van der Waals surface area contributed by atoms with Crippen LogP contribution in [0.25, 0.3) is 0 Å². The van der Waals surface area contributed by atoms with Gasteiger partial charge in [-0.3, -0.25) is 4.68 Å². The molecule has 1 aromatic rings. The van der Waals surface area contributed by atoms with Crippen LogP contribution in [0.3, 0.4) is 0 Å². The SMILES string of the molecule is Cc1nn(C)c(C)c1OCCCNC1CCCCC1. The quantitative estimate of drug-likeness (QED) is 0.804. The first-order chi connectivity index (χ1) is 9.18. The van der Waals surface area contributed by atoms with Crippen molar-refractivity contribution in [1.29, 1.82) is 0 Å². The third-order valence-corrected chi connectivity index (χ3v) is 4.05. The van der Waals surface area contributed by atoms with Crippen LogP contribution in [0.15, 0.2) is 0 Å². The summed E-state index contributed by atoms with van der Waals surface area (Å²) in [5.74, 6) is 0.958. The van der Waals surface area contributed by atoms with Gasteiger partial charge in [0.05, 0.1) is 12.3 Å². The summed E-state index contributed by atoms with van der Waals surface area (Å²) in [5.41, 5.74) is 2.10. The molecule has 1 saturated carbocycles. The van der Waals surface area contributed by atoms with Crippen LogP contribution in [0.1, 0.15) is 49.9 Å². The minimum atomic E-state index is 0.746. The van der Waals surface area contributed by atoms with E-state index in [2.05, 4.69) is 17.3 Å². The molecule has 1 heterocycles. The van der Waals surface area contributed by atoms with E-state index in [4.69, 9.17) is 4.74 Å². The average molecular weight is 265 g/mol. The first-order valence-corrected chi connectivity index (χ1v) is 7.55. The van der Waals surface area contributed by atoms with Crippen LogP contribution >= 0.6 is 0 Å². The second-order valence-corrected chi connectivity index (χ2v) is 5.61. The van der Waals surface area contributed by atoms with E-state index in [1.807, 2.05) is 18.7 Å². The van der Waals surface area contributed by atoms with Crippen LogP contribution in [-0.4, -0.2) is 29.0 Å². The molecule has 0 atom stereocenters. The Morgan fingerprint density at radius 3 is 2.63 bits per heavy atom. The second kappa shape index (κ2) is 6.94. The summed E-state index contributed by atoms with van der Waals surface area (Å²) < 4.78 is 7.73. The van der Waals surface area contributed by atoms with Gasteiger partial charge in [-0.1, -0.05) is 19.3 Å². The van der Waals surface area contributed by atoms with Crippen molar-refractivity contribution in [2.24, 2.45) is 7.05 Å². The molecule has 1 aliphatic rings. The van der Waals surface area contributed by atoms with Gasteiger partial charge in [0.15, 0.2) is 5.75 Å². The molecule has 19 heavy (non-hydrogen) atoms. The Balaban J connectivity index is 1.63. The fourth-order valence-electron chi connectivity index (χ4n) is 2.82. The summed E-state index contributed by atoms with van der Waals surface area (Å²) >= 11 is 0. The number of hydrogen-bond acceptors (Lipinski definition) is 3. The van der Waals surface area contributed by atoms with Gasteiger partial charge in [-0.15, -0.1) is 0 Å². The van der Waals surface area contributed by atoms with Crippen molar-refractivity contribution in [3.8, 4) is 5.75 Å². The van der Waals surface area contributed by atoms with Gasteiger partial charge in [0.2, 0.25) is 0 Å². The molecule has 4 nitrogen and oxygen atoms in total. The summed E-state index contributed by atoms with van der Waals surface area (Å²) in [5, 5.41) is 8.00. The van der Waals surface area contributed by atoms with Gasteiger partial charge in [-0.2, -0.15) is 5.10 Å². The maximum Gasteiger partial charge on any atom is 0.162 e. The summed E-state index contributed by atoms with van der Waals surface area (Å²) in [6, 6.07) is 0.746. The first kappa shape index (κ1) is 14.4. The van der Waals surface area contributed by atoms with Crippen LogP contribution < -0.4 is 10.1 Å². The van der Waals surface area contributed by atoms with Crippen LogP contribution in [-0.2, 0) is 7.05 Å². The van der Waals surface area contributed by atoms with E-state index in [0.29, 0.717) is 0 Å². The number of ether oxygens (including phenoxy) is 1. The lowest BCUT2D eigenvalue weighted by Crippen LogP contribution is -2.32. The normalized spacial score (nSPS) is 16.8. The van der Waals surface area contributed by atoms with E-state index in [9.17, 15) is 0 Å². The Hall–Kier alpha value is -1.03. The third kappa shape index (κ3) is 3.96. The lowest BCUT2D eigenvalue weighted by molar-refractivity contribution is 0.293. The zero-order valence-corrected chi connectivity index (χ0v) is 12.5. The predicted octanol–water partition coefficient (Wildman–Crippen LogP) is 2.73. The van der Waals surface area contributed by atoms with E-state index in [1.54, 1.807) is 0 Å². The Labute approximate surface area is 116 Å². The molecule has 0 unspecified atom stereocenters. The molecule has 1 aliphatic carbocycles. The third-order valence-electron chi connectivity index (χ3n) is 4.05. The van der Waals surface area contributed by atoms with Crippen LogP contribution in [0, 0.1) is 13.8 Å². The molecule has 2 rings (SSSR count). The number of nitrogens with zero attached hydrogens (tertiary/aromatic N) is 2. The van der Waals surface area contributed by atoms with Gasteiger partial charge >= 0.3 is 0 Å². The molecule has 1 aromatic heterocycles. The molecule has 0 spiro atoms. The molecule has 4 heteroatoms. The smallest absolute Gasteiger partial charge is 0.162 e. The van der Waals surface area contributed by atoms with E-state index in [1.165, 1.54) is 32.1 Å². The highest BCUT2D eigenvalue weighted by Crippen LogP contribution is 2.21. The van der Waals surface area contributed by atoms with Gasteiger partial charge in [-0.05, 0) is 39.7 Å². The topological polar surface area (TPSA) is 39.1 Å². The van der Waals surface area contributed by atoms with Gasteiger partial charge in [0, 0.05) is 13.1 Å². The lowest BCUT2D eigenvalue weighted by Gasteiger charge is -2.22. The van der Waals surface area contributed by atoms with Crippen molar-refractivity contribution >= 4 is 0 Å². The molecule has 0 aromatic carbocycles. The molecular weight excluding hydrogens is 238 g/mol. The summed E-state index contributed by atoms with van der Waals surface area (Å²) in [6.45, 7) is 5.88. The van der Waals surface area contributed by atoms with Crippen LogP contribution in [0.4, 0.5) is 0 Å². The summed E-state index contributed by atoms with van der Waals surface area (Å²) in [7, 11) is 1.96. The van der Waals surface area contributed by atoms with E-state index in [-0.39, 0.29) is 0 Å². The highest BCUT2D eigenvalue weighted by atomic mass is 16.5. The van der Waals surface area contributed by atoms with Crippen molar-refractivity contribution in [2.75, 3.05) is 13.2 Å². The van der Waals surface area contributed by atoms with E-state index in [0.717, 1.165) is 42.8 Å². The number of aromatic nitrogens is 2. The largest absolute Gasteiger partial charge is 0.490 e. The van der Waals surface area contributed by atoms with Gasteiger partial charge in [0.25, 0.3) is 0 Å². The van der Waals surface area contributed by atoms with E-state index >= 15 is 0 Å². The number of aryl methyl sites for hydroxylation is 2. The molecule has 108 valence electrons. The monoisotopic (exact) mass is 265 g/mol. The predicted molar refractivity (Wildman–Crippen MR) is 77.7 cm³/mol. The summed E-state index contributed by atoms with van der Waals surface area (Å²) in [6.07, 6.45) is 7.96. The number of hydrogen-bond donors (Lipinski definition) is 1. The molecule has 0 amide bonds. The van der Waals surface area contributed by atoms with Crippen molar-refractivity contribution < 1.29 is 4.74 Å². The van der Waals surface area contributed by atoms with E-state index < -0.39 is 0 Å². The zero-order valence-electron chi connectivity index (χ0n) is 12.5. The molecule has 0 radical (unpaired) electrons. The maximum atomic E-state index is 5.85. The Kier molecular flexibility index (Phi) is 5.25. The molecule has 0 saturated heterocycles. The van der Waals surface area contributed by atoms with Crippen molar-refractivity contribution in [1.82, 2.24) is 15.1 Å². The Morgan fingerprint density at radius 1 is 1.26 bits per heavy atom. The highest BCUT2D eigenvalue weighted by Gasteiger charge is 2.12. The second-order valence-electron chi connectivity index (χ2n) is 5.61. The molecule has 0 aliphatic heterocycles. The fraction of sp³-hybridized carbons (Fsp3) is 0.800. The van der Waals surface area contributed by atoms with Crippen LogP contribution in [0.5, 0.6) is 5.75 Å². The number of rotatable bonds is 6. The average Bonchev–Trinajstić information content (AvgIpc) is 2.65. The minimum absolute atomic E-state index is 0.746. The lowest BCUT2D eigenvalue weighted by atomic mass is 9.95. The Morgan fingerprint density at radius 2 is 2.00 bits per heavy atom. The Bertz CT molecular complexity index is 394. The molecule has 1 N–H and O–H groups in total. The van der Waals surface area contributed by atoms with Gasteiger partial charge < -0.3 is 10.1 Å². The van der Waals surface area contributed by atoms with Crippen molar-refractivity contribution in [2.45, 2.75) is 58.4 Å². The fourth-order valence-corrected chi connectivity index (χ4v) is 2.82. The molecular formula is C15H27N3O. The van der Waals surface area contributed by atoms with Gasteiger partial charge in [-0.25, -0.2) is 0 Å². The zero-order chi connectivity index (χ0) is 13.7. The summed E-state index contributed by atoms with van der Waals surface area (Å²) in [4.78, 5) is 0. The maximum absolute atomic E-state index is 5.85. The van der Waals surface area contributed by atoms with Crippen molar-refractivity contribution in [3.63, 3.8) is 0 Å². The van der Waals surface area contributed by atoms with Crippen molar-refractivity contribution in [3.05, 3.63) is 11.4 Å². The number of nitrogens with one attached hydrogen (secondary N) is 1. The highest BCUT2D eigenvalue weighted by molar-refractivity contribution is 5.31. The molecule has 1 fully saturated rings. The minimum Gasteiger partial charge on any atom is -0.490 e.